The van der Waals surface area contributed by atoms with E-state index in [1.807, 2.05) is 31.2 Å². The zero-order valence-corrected chi connectivity index (χ0v) is 10.1. The van der Waals surface area contributed by atoms with Crippen molar-refractivity contribution in [3.8, 4) is 5.75 Å². The van der Waals surface area contributed by atoms with Crippen LogP contribution in [0.3, 0.4) is 0 Å². The second-order valence-electron chi connectivity index (χ2n) is 4.39. The van der Waals surface area contributed by atoms with E-state index < -0.39 is 0 Å². The van der Waals surface area contributed by atoms with Crippen LogP contribution < -0.4 is 4.74 Å². The highest BCUT2D eigenvalue weighted by Gasteiger charge is 2.40. The number of hydrogen-bond donors (Lipinski definition) is 0. The zero-order valence-electron chi connectivity index (χ0n) is 10.1. The van der Waals surface area contributed by atoms with Crippen molar-refractivity contribution in [1.29, 1.82) is 0 Å². The molecule has 0 spiro atoms. The van der Waals surface area contributed by atoms with E-state index in [1.165, 1.54) is 7.11 Å². The van der Waals surface area contributed by atoms with Gasteiger partial charge >= 0.3 is 5.97 Å². The lowest BCUT2D eigenvalue weighted by Gasteiger charge is -2.12. The molecule has 17 heavy (non-hydrogen) atoms. The van der Waals surface area contributed by atoms with Crippen molar-refractivity contribution in [2.24, 2.45) is 0 Å². The van der Waals surface area contributed by atoms with Gasteiger partial charge in [0.05, 0.1) is 20.1 Å². The molecule has 1 aliphatic heterocycles. The first kappa shape index (κ1) is 11.9. The summed E-state index contributed by atoms with van der Waals surface area (Å²) in [6.45, 7) is 3.23. The molecule has 1 aliphatic rings. The third-order valence-electron chi connectivity index (χ3n) is 2.71. The summed E-state index contributed by atoms with van der Waals surface area (Å²) in [5.74, 6) is 0.449. The Kier molecular flexibility index (Phi) is 3.33. The molecule has 4 nitrogen and oxygen atoms in total. The molecule has 1 saturated heterocycles. The molecular formula is C13H16O4. The molecule has 1 fully saturated rings. The van der Waals surface area contributed by atoms with Crippen molar-refractivity contribution in [2.75, 3.05) is 20.3 Å². The second-order valence-corrected chi connectivity index (χ2v) is 4.39. The molecule has 1 aromatic carbocycles. The van der Waals surface area contributed by atoms with Crippen molar-refractivity contribution in [3.05, 3.63) is 29.8 Å². The topological polar surface area (TPSA) is 48.1 Å². The molecule has 0 aliphatic carbocycles. The van der Waals surface area contributed by atoms with Crippen molar-refractivity contribution in [3.63, 3.8) is 0 Å². The van der Waals surface area contributed by atoms with E-state index >= 15 is 0 Å². The maximum atomic E-state index is 11.2. The number of carbonyl (C=O) groups excluding carboxylic acids is 1. The van der Waals surface area contributed by atoms with Gasteiger partial charge in [0.25, 0.3) is 0 Å². The Balaban J connectivity index is 2.01. The molecule has 0 unspecified atom stereocenters. The third-order valence-corrected chi connectivity index (χ3v) is 2.71. The molecule has 1 heterocycles. The highest BCUT2D eigenvalue weighted by Crippen LogP contribution is 2.28. The molecule has 0 bridgehead atoms. The summed E-state index contributed by atoms with van der Waals surface area (Å²) < 4.78 is 15.6. The fourth-order valence-corrected chi connectivity index (χ4v) is 1.46. The van der Waals surface area contributed by atoms with E-state index in [0.717, 1.165) is 17.9 Å². The molecule has 1 aromatic rings. The first-order valence-electron chi connectivity index (χ1n) is 5.54. The van der Waals surface area contributed by atoms with Gasteiger partial charge in [0.2, 0.25) is 0 Å². The van der Waals surface area contributed by atoms with Gasteiger partial charge in [0, 0.05) is 5.56 Å². The third kappa shape index (κ3) is 3.20. The number of carbonyl (C=O) groups is 1. The maximum Gasteiger partial charge on any atom is 0.310 e. The summed E-state index contributed by atoms with van der Waals surface area (Å²) in [5.41, 5.74) is 0.682. The molecule has 0 N–H and O–H groups in total. The Morgan fingerprint density at radius 2 is 2.18 bits per heavy atom. The largest absolute Gasteiger partial charge is 0.490 e. The number of epoxide rings is 1. The lowest BCUT2D eigenvalue weighted by molar-refractivity contribution is -0.139. The quantitative estimate of drug-likeness (QED) is 0.575. The fourth-order valence-electron chi connectivity index (χ4n) is 1.46. The normalized spacial score (nSPS) is 22.0. The SMILES string of the molecule is COC(=O)Cc1ccccc1OC[C@]1(C)CO1. The Morgan fingerprint density at radius 1 is 1.47 bits per heavy atom. The van der Waals surface area contributed by atoms with Crippen molar-refractivity contribution < 1.29 is 19.0 Å². The number of hydrogen-bond acceptors (Lipinski definition) is 4. The smallest absolute Gasteiger partial charge is 0.310 e. The highest BCUT2D eigenvalue weighted by atomic mass is 16.6. The van der Waals surface area contributed by atoms with Gasteiger partial charge in [-0.3, -0.25) is 4.79 Å². The number of para-hydroxylation sites is 1. The first-order chi connectivity index (χ1) is 8.13. The molecule has 4 heteroatoms. The first-order valence-corrected chi connectivity index (χ1v) is 5.54. The van der Waals surface area contributed by atoms with Crippen molar-refractivity contribution in [1.82, 2.24) is 0 Å². The summed E-state index contributed by atoms with van der Waals surface area (Å²) in [6, 6.07) is 7.47. The summed E-state index contributed by atoms with van der Waals surface area (Å²) in [5, 5.41) is 0. The van der Waals surface area contributed by atoms with E-state index in [-0.39, 0.29) is 18.0 Å². The fraction of sp³-hybridized carbons (Fsp3) is 0.462. The van der Waals surface area contributed by atoms with Gasteiger partial charge in [-0.2, -0.15) is 0 Å². The van der Waals surface area contributed by atoms with E-state index in [2.05, 4.69) is 4.74 Å². The number of esters is 1. The Labute approximate surface area is 100 Å². The van der Waals surface area contributed by atoms with Crippen LogP contribution >= 0.6 is 0 Å². The predicted octanol–water partition coefficient (Wildman–Crippen LogP) is 1.57. The highest BCUT2D eigenvalue weighted by molar-refractivity contribution is 5.73. The van der Waals surface area contributed by atoms with Gasteiger partial charge < -0.3 is 14.2 Å². The molecule has 2 rings (SSSR count). The average molecular weight is 236 g/mol. The average Bonchev–Trinajstić information content (AvgIpc) is 3.07. The van der Waals surface area contributed by atoms with Crippen molar-refractivity contribution >= 4 is 5.97 Å². The van der Waals surface area contributed by atoms with Crippen LogP contribution in [0.2, 0.25) is 0 Å². The maximum absolute atomic E-state index is 11.2. The minimum atomic E-state index is -0.269. The molecular weight excluding hydrogens is 220 g/mol. The molecule has 0 saturated carbocycles. The number of benzene rings is 1. The summed E-state index contributed by atoms with van der Waals surface area (Å²) in [4.78, 5) is 11.2. The van der Waals surface area contributed by atoms with Crippen LogP contribution in [0.4, 0.5) is 0 Å². The molecule has 0 aromatic heterocycles. The number of ether oxygens (including phenoxy) is 3. The van der Waals surface area contributed by atoms with E-state index in [9.17, 15) is 4.79 Å². The van der Waals surface area contributed by atoms with Crippen LogP contribution in [-0.4, -0.2) is 31.9 Å². The Hall–Kier alpha value is -1.55. The molecule has 92 valence electrons. The minimum absolute atomic E-state index is 0.154. The van der Waals surface area contributed by atoms with Gasteiger partial charge in [-0.25, -0.2) is 0 Å². The molecule has 1 atom stereocenters. The van der Waals surface area contributed by atoms with Gasteiger partial charge in [-0.05, 0) is 13.0 Å². The lowest BCUT2D eigenvalue weighted by Crippen LogP contribution is -2.18. The lowest BCUT2D eigenvalue weighted by atomic mass is 10.1. The summed E-state index contributed by atoms with van der Waals surface area (Å²) in [6.07, 6.45) is 0.226. The van der Waals surface area contributed by atoms with Gasteiger partial charge in [0.1, 0.15) is 18.0 Å². The predicted molar refractivity (Wildman–Crippen MR) is 62.0 cm³/mol. The second kappa shape index (κ2) is 4.75. The summed E-state index contributed by atoms with van der Waals surface area (Å²) >= 11 is 0. The van der Waals surface area contributed by atoms with E-state index in [0.29, 0.717) is 6.61 Å². The van der Waals surface area contributed by atoms with Crippen LogP contribution in [0.1, 0.15) is 12.5 Å². The molecule has 0 radical (unpaired) electrons. The minimum Gasteiger partial charge on any atom is -0.490 e. The van der Waals surface area contributed by atoms with Gasteiger partial charge in [0.15, 0.2) is 0 Å². The van der Waals surface area contributed by atoms with E-state index in [4.69, 9.17) is 9.47 Å². The monoisotopic (exact) mass is 236 g/mol. The zero-order chi connectivity index (χ0) is 12.3. The Morgan fingerprint density at radius 3 is 2.82 bits per heavy atom. The van der Waals surface area contributed by atoms with Crippen molar-refractivity contribution in [2.45, 2.75) is 18.9 Å². The summed E-state index contributed by atoms with van der Waals surface area (Å²) in [7, 11) is 1.38. The van der Waals surface area contributed by atoms with Crippen LogP contribution in [0, 0.1) is 0 Å². The van der Waals surface area contributed by atoms with Crippen LogP contribution in [0.5, 0.6) is 5.75 Å². The standard InChI is InChI=1S/C13H16O4/c1-13(9-17-13)8-16-11-6-4-3-5-10(11)7-12(14)15-2/h3-6H,7-9H2,1-2H3/t13-/m1/s1. The number of methoxy groups -OCH3 is 1. The number of rotatable bonds is 5. The van der Waals surface area contributed by atoms with Gasteiger partial charge in [-0.1, -0.05) is 18.2 Å². The van der Waals surface area contributed by atoms with Crippen LogP contribution in [0.15, 0.2) is 24.3 Å². The van der Waals surface area contributed by atoms with Crippen LogP contribution in [0.25, 0.3) is 0 Å². The Bertz CT molecular complexity index is 410. The van der Waals surface area contributed by atoms with Gasteiger partial charge in [-0.15, -0.1) is 0 Å². The van der Waals surface area contributed by atoms with Crippen LogP contribution in [-0.2, 0) is 20.7 Å². The van der Waals surface area contributed by atoms with E-state index in [1.54, 1.807) is 0 Å². The molecule has 0 amide bonds.